The lowest BCUT2D eigenvalue weighted by molar-refractivity contribution is 0.0696. The first kappa shape index (κ1) is 10.2. The number of aromatic amines is 1. The number of carbonyl (C=O) groups excluding carboxylic acids is 1. The van der Waals surface area contributed by atoms with Crippen LogP contribution in [0.4, 0.5) is 0 Å². The van der Waals surface area contributed by atoms with E-state index in [2.05, 4.69) is 15.5 Å². The lowest BCUT2D eigenvalue weighted by Crippen LogP contribution is -2.39. The van der Waals surface area contributed by atoms with Crippen molar-refractivity contribution in [3.63, 3.8) is 0 Å². The maximum atomic E-state index is 11.8. The van der Waals surface area contributed by atoms with E-state index in [0.29, 0.717) is 5.56 Å². The van der Waals surface area contributed by atoms with Crippen LogP contribution in [0.1, 0.15) is 28.9 Å². The van der Waals surface area contributed by atoms with Gasteiger partial charge in [0.2, 0.25) is 0 Å². The lowest BCUT2D eigenvalue weighted by Gasteiger charge is -2.22. The average molecular weight is 209 g/mol. The molecule has 0 spiro atoms. The van der Waals surface area contributed by atoms with Crippen LogP contribution in [0.2, 0.25) is 0 Å². The van der Waals surface area contributed by atoms with Crippen LogP contribution in [0.3, 0.4) is 0 Å². The van der Waals surface area contributed by atoms with Gasteiger partial charge in [0.05, 0.1) is 11.3 Å². The van der Waals surface area contributed by atoms with Crippen molar-refractivity contribution in [3.8, 4) is 0 Å². The molecular weight excluding hydrogens is 194 g/mol. The van der Waals surface area contributed by atoms with Crippen LogP contribution in [-0.2, 0) is 4.74 Å². The molecule has 0 atom stereocenters. The average Bonchev–Trinajstić information content (AvgIpc) is 2.66. The predicted molar refractivity (Wildman–Crippen MR) is 54.6 cm³/mol. The van der Waals surface area contributed by atoms with E-state index in [-0.39, 0.29) is 11.9 Å². The van der Waals surface area contributed by atoms with Gasteiger partial charge in [-0.15, -0.1) is 0 Å². The molecule has 1 aromatic heterocycles. The van der Waals surface area contributed by atoms with Gasteiger partial charge in [-0.3, -0.25) is 9.89 Å². The van der Waals surface area contributed by atoms with E-state index in [1.165, 1.54) is 0 Å². The number of amides is 1. The summed E-state index contributed by atoms with van der Waals surface area (Å²) >= 11 is 0. The van der Waals surface area contributed by atoms with Crippen molar-refractivity contribution in [2.75, 3.05) is 13.2 Å². The number of ether oxygens (including phenoxy) is 1. The van der Waals surface area contributed by atoms with Gasteiger partial charge in [0, 0.05) is 25.5 Å². The Morgan fingerprint density at radius 2 is 2.33 bits per heavy atom. The number of hydrogen-bond acceptors (Lipinski definition) is 3. The van der Waals surface area contributed by atoms with Gasteiger partial charge in [-0.2, -0.15) is 5.10 Å². The molecule has 1 aliphatic heterocycles. The number of nitrogens with zero attached hydrogens (tertiary/aromatic N) is 1. The number of aromatic nitrogens is 2. The molecule has 0 aliphatic carbocycles. The van der Waals surface area contributed by atoms with Crippen molar-refractivity contribution in [3.05, 3.63) is 17.5 Å². The number of carbonyl (C=O) groups is 1. The Morgan fingerprint density at radius 1 is 1.60 bits per heavy atom. The summed E-state index contributed by atoms with van der Waals surface area (Å²) in [4.78, 5) is 11.8. The summed E-state index contributed by atoms with van der Waals surface area (Å²) in [5.41, 5.74) is 1.36. The highest BCUT2D eigenvalue weighted by Gasteiger charge is 2.18. The van der Waals surface area contributed by atoms with Gasteiger partial charge in [0.25, 0.3) is 5.91 Å². The van der Waals surface area contributed by atoms with E-state index in [1.54, 1.807) is 6.20 Å². The Morgan fingerprint density at radius 3 is 2.93 bits per heavy atom. The Bertz CT molecular complexity index is 342. The van der Waals surface area contributed by atoms with Gasteiger partial charge in [-0.05, 0) is 19.8 Å². The summed E-state index contributed by atoms with van der Waals surface area (Å²) in [6, 6.07) is 0.237. The summed E-state index contributed by atoms with van der Waals surface area (Å²) in [7, 11) is 0. The van der Waals surface area contributed by atoms with E-state index in [9.17, 15) is 4.79 Å². The van der Waals surface area contributed by atoms with Crippen molar-refractivity contribution in [2.24, 2.45) is 0 Å². The Labute approximate surface area is 88.2 Å². The molecule has 1 saturated heterocycles. The molecule has 2 N–H and O–H groups in total. The lowest BCUT2D eigenvalue weighted by atomic mass is 10.1. The van der Waals surface area contributed by atoms with Crippen molar-refractivity contribution >= 4 is 5.91 Å². The summed E-state index contributed by atoms with van der Waals surface area (Å²) in [6.07, 6.45) is 3.41. The minimum Gasteiger partial charge on any atom is -0.381 e. The smallest absolute Gasteiger partial charge is 0.254 e. The SMILES string of the molecule is Cc1n[nH]cc1C(=O)NC1CCOCC1. The second-order valence-electron chi connectivity index (χ2n) is 3.74. The largest absolute Gasteiger partial charge is 0.381 e. The van der Waals surface area contributed by atoms with Gasteiger partial charge in [-0.25, -0.2) is 0 Å². The Hall–Kier alpha value is -1.36. The topological polar surface area (TPSA) is 67.0 Å². The third kappa shape index (κ3) is 2.36. The third-order valence-electron chi connectivity index (χ3n) is 2.63. The fraction of sp³-hybridized carbons (Fsp3) is 0.600. The van der Waals surface area contributed by atoms with Gasteiger partial charge in [-0.1, -0.05) is 0 Å². The molecule has 1 aliphatic rings. The fourth-order valence-electron chi connectivity index (χ4n) is 1.69. The van der Waals surface area contributed by atoms with Crippen molar-refractivity contribution in [2.45, 2.75) is 25.8 Å². The molecule has 2 heterocycles. The molecule has 0 bridgehead atoms. The van der Waals surface area contributed by atoms with E-state index >= 15 is 0 Å². The molecule has 1 amide bonds. The molecule has 5 nitrogen and oxygen atoms in total. The van der Waals surface area contributed by atoms with Gasteiger partial charge in [0.1, 0.15) is 0 Å². The molecular formula is C10H15N3O2. The van der Waals surface area contributed by atoms with Crippen LogP contribution < -0.4 is 5.32 Å². The van der Waals surface area contributed by atoms with E-state index in [1.807, 2.05) is 6.92 Å². The maximum Gasteiger partial charge on any atom is 0.254 e. The van der Waals surface area contributed by atoms with Crippen LogP contribution in [0.5, 0.6) is 0 Å². The molecule has 1 fully saturated rings. The Kier molecular flexibility index (Phi) is 3.01. The summed E-state index contributed by atoms with van der Waals surface area (Å²) < 4.78 is 5.23. The maximum absolute atomic E-state index is 11.8. The first-order valence-electron chi connectivity index (χ1n) is 5.16. The fourth-order valence-corrected chi connectivity index (χ4v) is 1.69. The molecule has 1 aromatic rings. The number of hydrogen-bond donors (Lipinski definition) is 2. The van der Waals surface area contributed by atoms with Crippen molar-refractivity contribution in [1.82, 2.24) is 15.5 Å². The van der Waals surface area contributed by atoms with Gasteiger partial charge >= 0.3 is 0 Å². The second kappa shape index (κ2) is 4.44. The van der Waals surface area contributed by atoms with Crippen LogP contribution >= 0.6 is 0 Å². The van der Waals surface area contributed by atoms with E-state index in [0.717, 1.165) is 31.7 Å². The van der Waals surface area contributed by atoms with Gasteiger partial charge in [0.15, 0.2) is 0 Å². The molecule has 0 radical (unpaired) electrons. The molecule has 2 rings (SSSR count). The van der Waals surface area contributed by atoms with Crippen LogP contribution in [-0.4, -0.2) is 35.4 Å². The number of H-pyrrole nitrogens is 1. The molecule has 0 saturated carbocycles. The predicted octanol–water partition coefficient (Wildman–Crippen LogP) is 0.627. The zero-order valence-corrected chi connectivity index (χ0v) is 8.75. The van der Waals surface area contributed by atoms with Gasteiger partial charge < -0.3 is 10.1 Å². The first-order valence-corrected chi connectivity index (χ1v) is 5.16. The molecule has 0 aromatic carbocycles. The minimum atomic E-state index is -0.0480. The van der Waals surface area contributed by atoms with Crippen LogP contribution in [0.25, 0.3) is 0 Å². The first-order chi connectivity index (χ1) is 7.27. The normalized spacial score (nSPS) is 17.7. The third-order valence-corrected chi connectivity index (χ3v) is 2.63. The Balaban J connectivity index is 1.94. The quantitative estimate of drug-likeness (QED) is 0.750. The summed E-state index contributed by atoms with van der Waals surface area (Å²) in [5, 5.41) is 9.58. The summed E-state index contributed by atoms with van der Waals surface area (Å²) in [6.45, 7) is 3.28. The zero-order chi connectivity index (χ0) is 10.7. The minimum absolute atomic E-state index is 0.0480. The van der Waals surface area contributed by atoms with Crippen molar-refractivity contribution < 1.29 is 9.53 Å². The molecule has 5 heteroatoms. The van der Waals surface area contributed by atoms with Crippen LogP contribution in [0.15, 0.2) is 6.20 Å². The highest BCUT2D eigenvalue weighted by molar-refractivity contribution is 5.95. The standard InChI is InChI=1S/C10H15N3O2/c1-7-9(6-11-13-7)10(14)12-8-2-4-15-5-3-8/h6,8H,2-5H2,1H3,(H,11,13)(H,12,14). The molecule has 0 unspecified atom stereocenters. The van der Waals surface area contributed by atoms with Crippen molar-refractivity contribution in [1.29, 1.82) is 0 Å². The van der Waals surface area contributed by atoms with E-state index in [4.69, 9.17) is 4.74 Å². The molecule has 82 valence electrons. The number of aryl methyl sites for hydroxylation is 1. The van der Waals surface area contributed by atoms with E-state index < -0.39 is 0 Å². The zero-order valence-electron chi connectivity index (χ0n) is 8.75. The number of nitrogens with one attached hydrogen (secondary N) is 2. The summed E-state index contributed by atoms with van der Waals surface area (Å²) in [5.74, 6) is -0.0480. The van der Waals surface area contributed by atoms with Crippen LogP contribution in [0, 0.1) is 6.92 Å². The monoisotopic (exact) mass is 209 g/mol. The highest BCUT2D eigenvalue weighted by Crippen LogP contribution is 2.08. The molecule has 15 heavy (non-hydrogen) atoms. The highest BCUT2D eigenvalue weighted by atomic mass is 16.5. The second-order valence-corrected chi connectivity index (χ2v) is 3.74. The number of rotatable bonds is 2.